The summed E-state index contributed by atoms with van der Waals surface area (Å²) in [6.45, 7) is 0.301. The van der Waals surface area contributed by atoms with Crippen LogP contribution in [-0.2, 0) is 16.1 Å². The largest absolute Gasteiger partial charge is 0.446 e. The van der Waals surface area contributed by atoms with Gasteiger partial charge in [0.1, 0.15) is 19.7 Å². The summed E-state index contributed by atoms with van der Waals surface area (Å²) < 4.78 is 14.4. The van der Waals surface area contributed by atoms with Crippen LogP contribution in [0.3, 0.4) is 0 Å². The highest BCUT2D eigenvalue weighted by Crippen LogP contribution is 2.02. The molecule has 0 aromatic carbocycles. The second kappa shape index (κ2) is 4.58. The fourth-order valence-electron chi connectivity index (χ4n) is 0.703. The van der Waals surface area contributed by atoms with E-state index < -0.39 is 5.91 Å². The van der Waals surface area contributed by atoms with E-state index in [1.807, 2.05) is 0 Å². The summed E-state index contributed by atoms with van der Waals surface area (Å²) in [7, 11) is 1.50. The van der Waals surface area contributed by atoms with Crippen molar-refractivity contribution in [3.63, 3.8) is 0 Å². The first kappa shape index (κ1) is 9.69. The number of ether oxygens (including phenoxy) is 2. The van der Waals surface area contributed by atoms with Crippen molar-refractivity contribution in [2.24, 2.45) is 5.73 Å². The Morgan fingerprint density at radius 1 is 1.77 bits per heavy atom. The fraction of sp³-hybridized carbons (Fsp3) is 0.429. The Kier molecular flexibility index (Phi) is 3.41. The minimum atomic E-state index is -0.623. The van der Waals surface area contributed by atoms with Gasteiger partial charge in [0.05, 0.1) is 0 Å². The summed E-state index contributed by atoms with van der Waals surface area (Å²) >= 11 is 0. The molecule has 0 aliphatic heterocycles. The highest BCUT2D eigenvalue weighted by atomic mass is 16.7. The number of carbonyl (C=O) groups is 1. The molecule has 6 heteroatoms. The SMILES string of the molecule is COCOCc1nc(C(N)=O)co1. The van der Waals surface area contributed by atoms with Crippen LogP contribution in [-0.4, -0.2) is 24.8 Å². The van der Waals surface area contributed by atoms with Gasteiger partial charge in [-0.25, -0.2) is 4.98 Å². The summed E-state index contributed by atoms with van der Waals surface area (Å²) in [5.41, 5.74) is 5.05. The van der Waals surface area contributed by atoms with Crippen molar-refractivity contribution in [2.45, 2.75) is 6.61 Å². The van der Waals surface area contributed by atoms with Gasteiger partial charge in [0.15, 0.2) is 5.69 Å². The predicted octanol–water partition coefficient (Wildman–Crippen LogP) is -0.106. The van der Waals surface area contributed by atoms with E-state index >= 15 is 0 Å². The first-order chi connectivity index (χ1) is 6.24. The second-order valence-corrected chi connectivity index (χ2v) is 2.25. The molecule has 1 amide bonds. The second-order valence-electron chi connectivity index (χ2n) is 2.25. The maximum atomic E-state index is 10.6. The Labute approximate surface area is 74.6 Å². The third-order valence-electron chi connectivity index (χ3n) is 1.23. The molecule has 0 saturated heterocycles. The van der Waals surface area contributed by atoms with Gasteiger partial charge in [-0.1, -0.05) is 0 Å². The average Bonchev–Trinajstić information content (AvgIpc) is 2.53. The van der Waals surface area contributed by atoms with Crippen LogP contribution in [0.25, 0.3) is 0 Å². The van der Waals surface area contributed by atoms with E-state index in [-0.39, 0.29) is 19.1 Å². The minimum Gasteiger partial charge on any atom is -0.446 e. The number of primary amides is 1. The van der Waals surface area contributed by atoms with Crippen molar-refractivity contribution in [2.75, 3.05) is 13.9 Å². The summed E-state index contributed by atoms with van der Waals surface area (Å²) in [5.74, 6) is -0.326. The number of oxazole rings is 1. The molecule has 0 bridgehead atoms. The highest BCUT2D eigenvalue weighted by Gasteiger charge is 2.07. The molecular weight excluding hydrogens is 176 g/mol. The van der Waals surface area contributed by atoms with Crippen LogP contribution in [0.5, 0.6) is 0 Å². The molecule has 1 heterocycles. The molecule has 0 aliphatic rings. The van der Waals surface area contributed by atoms with Crippen LogP contribution >= 0.6 is 0 Å². The van der Waals surface area contributed by atoms with Crippen LogP contribution < -0.4 is 5.73 Å². The molecule has 1 aromatic heterocycles. The molecule has 0 fully saturated rings. The minimum absolute atomic E-state index is 0.0935. The quantitative estimate of drug-likeness (QED) is 0.512. The first-order valence-electron chi connectivity index (χ1n) is 3.55. The van der Waals surface area contributed by atoms with E-state index in [0.717, 1.165) is 0 Å². The number of rotatable bonds is 5. The van der Waals surface area contributed by atoms with Gasteiger partial charge < -0.3 is 19.6 Å². The molecule has 0 unspecified atom stereocenters. The van der Waals surface area contributed by atoms with Gasteiger partial charge in [-0.05, 0) is 0 Å². The Morgan fingerprint density at radius 3 is 3.08 bits per heavy atom. The smallest absolute Gasteiger partial charge is 0.270 e. The lowest BCUT2D eigenvalue weighted by Gasteiger charge is -1.96. The number of nitrogens with two attached hydrogens (primary N) is 1. The Balaban J connectivity index is 2.44. The number of hydrogen-bond donors (Lipinski definition) is 1. The van der Waals surface area contributed by atoms with Crippen molar-refractivity contribution in [3.8, 4) is 0 Å². The van der Waals surface area contributed by atoms with Gasteiger partial charge in [-0.15, -0.1) is 0 Å². The van der Waals surface area contributed by atoms with E-state index in [0.29, 0.717) is 5.89 Å². The third-order valence-corrected chi connectivity index (χ3v) is 1.23. The molecule has 0 saturated carbocycles. The fourth-order valence-corrected chi connectivity index (χ4v) is 0.703. The Bertz CT molecular complexity index is 284. The predicted molar refractivity (Wildman–Crippen MR) is 41.7 cm³/mol. The maximum Gasteiger partial charge on any atom is 0.270 e. The van der Waals surface area contributed by atoms with Gasteiger partial charge >= 0.3 is 0 Å². The number of amides is 1. The average molecular weight is 186 g/mol. The molecule has 0 aliphatic carbocycles. The molecule has 1 aromatic rings. The molecule has 2 N–H and O–H groups in total. The Hall–Kier alpha value is -1.40. The van der Waals surface area contributed by atoms with Crippen molar-refractivity contribution in [3.05, 3.63) is 17.8 Å². The molecule has 6 nitrogen and oxygen atoms in total. The molecule has 1 rings (SSSR count). The summed E-state index contributed by atoms with van der Waals surface area (Å²) in [6.07, 6.45) is 1.19. The monoisotopic (exact) mass is 186 g/mol. The van der Waals surface area contributed by atoms with Crippen LogP contribution in [0.15, 0.2) is 10.7 Å². The van der Waals surface area contributed by atoms with E-state index in [1.54, 1.807) is 0 Å². The van der Waals surface area contributed by atoms with Crippen LogP contribution in [0.4, 0.5) is 0 Å². The molecule has 13 heavy (non-hydrogen) atoms. The zero-order chi connectivity index (χ0) is 9.68. The molecule has 0 radical (unpaired) electrons. The van der Waals surface area contributed by atoms with Crippen molar-refractivity contribution in [1.82, 2.24) is 4.98 Å². The van der Waals surface area contributed by atoms with E-state index in [1.165, 1.54) is 13.4 Å². The number of nitrogens with zero attached hydrogens (tertiary/aromatic N) is 1. The molecule has 0 spiro atoms. The Morgan fingerprint density at radius 2 is 2.54 bits per heavy atom. The van der Waals surface area contributed by atoms with E-state index in [9.17, 15) is 4.79 Å². The van der Waals surface area contributed by atoms with E-state index in [4.69, 9.17) is 14.9 Å². The van der Waals surface area contributed by atoms with Crippen molar-refractivity contribution in [1.29, 1.82) is 0 Å². The summed E-state index contributed by atoms with van der Waals surface area (Å²) in [4.78, 5) is 14.3. The lowest BCUT2D eigenvalue weighted by Crippen LogP contribution is -2.11. The number of methoxy groups -OCH3 is 1. The van der Waals surface area contributed by atoms with Gasteiger partial charge in [-0.3, -0.25) is 4.79 Å². The zero-order valence-electron chi connectivity index (χ0n) is 7.15. The first-order valence-corrected chi connectivity index (χ1v) is 3.55. The summed E-state index contributed by atoms with van der Waals surface area (Å²) in [5, 5.41) is 0. The number of aromatic nitrogens is 1. The number of carbonyl (C=O) groups excluding carboxylic acids is 1. The zero-order valence-corrected chi connectivity index (χ0v) is 7.15. The normalized spacial score (nSPS) is 10.2. The number of hydrogen-bond acceptors (Lipinski definition) is 5. The highest BCUT2D eigenvalue weighted by molar-refractivity contribution is 5.90. The lowest BCUT2D eigenvalue weighted by atomic mass is 10.5. The maximum absolute atomic E-state index is 10.6. The molecular formula is C7H10N2O4. The van der Waals surface area contributed by atoms with Gasteiger partial charge in [0.25, 0.3) is 5.91 Å². The lowest BCUT2D eigenvalue weighted by molar-refractivity contribution is -0.0453. The summed E-state index contributed by atoms with van der Waals surface area (Å²) in [6, 6.07) is 0. The van der Waals surface area contributed by atoms with Crippen LogP contribution in [0.1, 0.15) is 16.4 Å². The van der Waals surface area contributed by atoms with Crippen LogP contribution in [0, 0.1) is 0 Å². The van der Waals surface area contributed by atoms with Crippen molar-refractivity contribution < 1.29 is 18.7 Å². The molecule has 72 valence electrons. The topological polar surface area (TPSA) is 87.6 Å². The van der Waals surface area contributed by atoms with Crippen molar-refractivity contribution >= 4 is 5.91 Å². The van der Waals surface area contributed by atoms with E-state index in [2.05, 4.69) is 9.72 Å². The standard InChI is InChI=1S/C7H10N2O4/c1-11-4-12-3-6-9-5(2-13-6)7(8)10/h2H,3-4H2,1H3,(H2,8,10). The van der Waals surface area contributed by atoms with Gasteiger partial charge in [-0.2, -0.15) is 0 Å². The van der Waals surface area contributed by atoms with Gasteiger partial charge in [0.2, 0.25) is 5.89 Å². The third kappa shape index (κ3) is 2.85. The van der Waals surface area contributed by atoms with Crippen LogP contribution in [0.2, 0.25) is 0 Å². The molecule has 0 atom stereocenters. The van der Waals surface area contributed by atoms with Gasteiger partial charge in [0, 0.05) is 7.11 Å².